The van der Waals surface area contributed by atoms with Crippen LogP contribution in [0.5, 0.6) is 0 Å². The molecule has 0 bridgehead atoms. The topological polar surface area (TPSA) is 91.5 Å². The van der Waals surface area contributed by atoms with Crippen molar-refractivity contribution in [3.63, 3.8) is 0 Å². The fourth-order valence-electron chi connectivity index (χ4n) is 3.89. The van der Waals surface area contributed by atoms with Crippen LogP contribution in [0.2, 0.25) is 10.0 Å². The fourth-order valence-corrected chi connectivity index (χ4v) is 4.14. The summed E-state index contributed by atoms with van der Waals surface area (Å²) in [5.41, 5.74) is 2.99. The summed E-state index contributed by atoms with van der Waals surface area (Å²) in [5.74, 6) is 0. The Morgan fingerprint density at radius 2 is 0.806 bits per heavy atom. The van der Waals surface area contributed by atoms with E-state index in [0.717, 1.165) is 33.3 Å². The lowest BCUT2D eigenvalue weighted by molar-refractivity contribution is 1.02. The molecule has 6 rings (SSSR count). The highest BCUT2D eigenvalue weighted by Gasteiger charge is 2.09. The zero-order valence-electron chi connectivity index (χ0n) is 18.7. The molecular weight excluding hydrogens is 495 g/mol. The van der Waals surface area contributed by atoms with Crippen LogP contribution in [0.1, 0.15) is 0 Å². The minimum atomic E-state index is -0.177. The molecule has 0 radical (unpaired) electrons. The molecule has 4 aromatic carbocycles. The summed E-state index contributed by atoms with van der Waals surface area (Å²) >= 11 is 11.7. The van der Waals surface area contributed by atoms with Crippen molar-refractivity contribution >= 4 is 44.7 Å². The van der Waals surface area contributed by atoms with Gasteiger partial charge in [0, 0.05) is 31.9 Å². The summed E-state index contributed by atoms with van der Waals surface area (Å²) in [6.45, 7) is 0. The van der Waals surface area contributed by atoms with Gasteiger partial charge in [-0.15, -0.1) is 0 Å². The Morgan fingerprint density at radius 3 is 1.17 bits per heavy atom. The Morgan fingerprint density at radius 1 is 0.472 bits per heavy atom. The maximum Gasteiger partial charge on any atom is 0.272 e. The van der Waals surface area contributed by atoms with Gasteiger partial charge in [-0.3, -0.25) is 9.59 Å². The average molecular weight is 513 g/mol. The van der Waals surface area contributed by atoms with E-state index in [2.05, 4.69) is 20.4 Å². The minimum Gasteiger partial charge on any atom is -0.267 e. The second-order valence-electron chi connectivity index (χ2n) is 7.91. The first kappa shape index (κ1) is 23.5. The van der Waals surface area contributed by atoms with E-state index in [1.54, 1.807) is 36.4 Å². The molecule has 8 heteroatoms. The molecule has 0 aliphatic rings. The van der Waals surface area contributed by atoms with E-state index in [0.29, 0.717) is 20.8 Å². The third kappa shape index (κ3) is 4.77. The average Bonchev–Trinajstić information content (AvgIpc) is 2.91. The highest BCUT2D eigenvalue weighted by molar-refractivity contribution is 6.31. The normalized spacial score (nSPS) is 10.7. The lowest BCUT2D eigenvalue weighted by Crippen LogP contribution is -2.09. The monoisotopic (exact) mass is 512 g/mol. The Bertz CT molecular complexity index is 1660. The van der Waals surface area contributed by atoms with Crippen LogP contribution in [0.15, 0.2) is 107 Å². The number of hydrogen-bond acceptors (Lipinski definition) is 4. The Kier molecular flexibility index (Phi) is 6.62. The lowest BCUT2D eigenvalue weighted by Gasteiger charge is -2.04. The molecule has 0 atom stereocenters. The van der Waals surface area contributed by atoms with Crippen molar-refractivity contribution in [2.75, 3.05) is 0 Å². The third-order valence-corrected chi connectivity index (χ3v) is 6.13. The Hall–Kier alpha value is -4.26. The van der Waals surface area contributed by atoms with Gasteiger partial charge in [-0.25, -0.2) is 10.2 Å². The third-order valence-electron chi connectivity index (χ3n) is 5.63. The summed E-state index contributed by atoms with van der Waals surface area (Å²) in [5, 5.41) is 17.6. The zero-order valence-corrected chi connectivity index (χ0v) is 20.2. The molecule has 0 spiro atoms. The van der Waals surface area contributed by atoms with Gasteiger partial charge in [0.15, 0.2) is 0 Å². The van der Waals surface area contributed by atoms with E-state index in [-0.39, 0.29) is 11.1 Å². The van der Waals surface area contributed by atoms with Gasteiger partial charge in [0.25, 0.3) is 11.1 Å². The standard InChI is InChI=1S/2C14H9ClN2O/c2*15-10-7-5-9(6-8-10)13-11-3-1-2-4-12(11)14(18)17-16-13/h2*1-8H,(H,17,18). The van der Waals surface area contributed by atoms with Gasteiger partial charge in [0.1, 0.15) is 0 Å². The molecule has 0 fully saturated rings. The predicted molar refractivity (Wildman–Crippen MR) is 146 cm³/mol. The molecule has 0 aliphatic carbocycles. The highest BCUT2D eigenvalue weighted by Crippen LogP contribution is 2.26. The SMILES string of the molecule is O=c1[nH]nc(-c2ccc(Cl)cc2)c2ccccc12.O=c1[nH]nc(-c2ccc(Cl)cc2)c2ccccc12. The molecule has 2 aromatic heterocycles. The molecule has 6 nitrogen and oxygen atoms in total. The van der Waals surface area contributed by atoms with Crippen LogP contribution in [-0.2, 0) is 0 Å². The number of rotatable bonds is 2. The molecule has 6 aromatic rings. The molecule has 2 heterocycles. The molecule has 0 unspecified atom stereocenters. The quantitative estimate of drug-likeness (QED) is 0.277. The van der Waals surface area contributed by atoms with Crippen LogP contribution in [-0.4, -0.2) is 20.4 Å². The number of halogens is 2. The number of nitrogens with zero attached hydrogens (tertiary/aromatic N) is 2. The van der Waals surface area contributed by atoms with Gasteiger partial charge in [-0.1, -0.05) is 83.9 Å². The summed E-state index contributed by atoms with van der Waals surface area (Å²) in [6, 6.07) is 29.6. The molecular formula is C28H18Cl2N4O2. The zero-order chi connectivity index (χ0) is 25.1. The van der Waals surface area contributed by atoms with Crippen molar-refractivity contribution in [2.45, 2.75) is 0 Å². The number of benzene rings is 4. The van der Waals surface area contributed by atoms with E-state index >= 15 is 0 Å². The van der Waals surface area contributed by atoms with Gasteiger partial charge < -0.3 is 0 Å². The molecule has 0 aliphatic heterocycles. The van der Waals surface area contributed by atoms with Crippen molar-refractivity contribution in [3.05, 3.63) is 128 Å². The van der Waals surface area contributed by atoms with Gasteiger partial charge in [0.2, 0.25) is 0 Å². The van der Waals surface area contributed by atoms with E-state index in [1.807, 2.05) is 60.7 Å². The largest absolute Gasteiger partial charge is 0.272 e. The number of aromatic nitrogens is 4. The van der Waals surface area contributed by atoms with Crippen molar-refractivity contribution in [1.82, 2.24) is 20.4 Å². The van der Waals surface area contributed by atoms with Gasteiger partial charge in [0.05, 0.1) is 22.2 Å². The minimum absolute atomic E-state index is 0.177. The molecule has 36 heavy (non-hydrogen) atoms. The molecule has 0 amide bonds. The van der Waals surface area contributed by atoms with E-state index < -0.39 is 0 Å². The number of H-pyrrole nitrogens is 2. The lowest BCUT2D eigenvalue weighted by atomic mass is 10.1. The van der Waals surface area contributed by atoms with Crippen LogP contribution >= 0.6 is 23.2 Å². The number of fused-ring (bicyclic) bond motifs is 2. The van der Waals surface area contributed by atoms with Crippen molar-refractivity contribution in [3.8, 4) is 22.5 Å². The smallest absolute Gasteiger partial charge is 0.267 e. The van der Waals surface area contributed by atoms with Crippen LogP contribution in [0.3, 0.4) is 0 Å². The van der Waals surface area contributed by atoms with E-state index in [1.165, 1.54) is 0 Å². The Balaban J connectivity index is 0.000000148. The maximum atomic E-state index is 11.7. The summed E-state index contributed by atoms with van der Waals surface area (Å²) < 4.78 is 0. The molecule has 176 valence electrons. The summed E-state index contributed by atoms with van der Waals surface area (Å²) in [6.07, 6.45) is 0. The van der Waals surface area contributed by atoms with Crippen molar-refractivity contribution in [1.29, 1.82) is 0 Å². The van der Waals surface area contributed by atoms with Crippen molar-refractivity contribution < 1.29 is 0 Å². The Labute approximate surface area is 215 Å². The van der Waals surface area contributed by atoms with Crippen LogP contribution in [0, 0.1) is 0 Å². The molecule has 0 saturated heterocycles. The van der Waals surface area contributed by atoms with E-state index in [9.17, 15) is 9.59 Å². The van der Waals surface area contributed by atoms with E-state index in [4.69, 9.17) is 23.2 Å². The molecule has 0 saturated carbocycles. The first-order valence-electron chi connectivity index (χ1n) is 11.0. The summed E-state index contributed by atoms with van der Waals surface area (Å²) in [7, 11) is 0. The first-order chi connectivity index (χ1) is 17.5. The fraction of sp³-hybridized carbons (Fsp3) is 0. The van der Waals surface area contributed by atoms with Crippen LogP contribution in [0.25, 0.3) is 44.1 Å². The predicted octanol–water partition coefficient (Wildman–Crippen LogP) is 6.49. The van der Waals surface area contributed by atoms with Gasteiger partial charge >= 0.3 is 0 Å². The second kappa shape index (κ2) is 10.2. The van der Waals surface area contributed by atoms with Crippen LogP contribution in [0.4, 0.5) is 0 Å². The highest BCUT2D eigenvalue weighted by atomic mass is 35.5. The van der Waals surface area contributed by atoms with Gasteiger partial charge in [-0.2, -0.15) is 10.2 Å². The molecule has 2 N–H and O–H groups in total. The number of nitrogens with one attached hydrogen (secondary N) is 2. The summed E-state index contributed by atoms with van der Waals surface area (Å²) in [4.78, 5) is 23.4. The van der Waals surface area contributed by atoms with Gasteiger partial charge in [-0.05, 0) is 36.4 Å². The number of hydrogen-bond donors (Lipinski definition) is 2. The first-order valence-corrected chi connectivity index (χ1v) is 11.7. The maximum absolute atomic E-state index is 11.7. The second-order valence-corrected chi connectivity index (χ2v) is 8.78. The number of aromatic amines is 2. The van der Waals surface area contributed by atoms with Crippen molar-refractivity contribution in [2.24, 2.45) is 0 Å². The van der Waals surface area contributed by atoms with Crippen LogP contribution < -0.4 is 11.1 Å².